The third-order valence-corrected chi connectivity index (χ3v) is 1.20. The smallest absolute Gasteiger partial charge is 0.0718 e. The zero-order valence-electron chi connectivity index (χ0n) is 8.02. The zero-order chi connectivity index (χ0) is 9.07. The quantitative estimate of drug-likeness (QED) is 0.621. The largest absolute Gasteiger partial charge is 0.389 e. The highest BCUT2D eigenvalue weighted by molar-refractivity contribution is 4.91. The first kappa shape index (κ1) is 10.7. The number of likely N-dealkylation sites (N-methyl/N-ethyl adjacent to an activating group) is 1. The minimum absolute atomic E-state index is 0.607. The van der Waals surface area contributed by atoms with Crippen molar-refractivity contribution < 1.29 is 5.11 Å². The summed E-state index contributed by atoms with van der Waals surface area (Å²) in [5.41, 5.74) is 0.515. The van der Waals surface area contributed by atoms with Gasteiger partial charge in [0.2, 0.25) is 0 Å². The lowest BCUT2D eigenvalue weighted by atomic mass is 10.1. The van der Waals surface area contributed by atoms with Gasteiger partial charge in [-0.3, -0.25) is 4.90 Å². The van der Waals surface area contributed by atoms with Gasteiger partial charge in [-0.25, -0.2) is 0 Å². The van der Waals surface area contributed by atoms with Crippen molar-refractivity contribution in [2.45, 2.75) is 26.4 Å². The van der Waals surface area contributed by atoms with Crippen LogP contribution in [0, 0.1) is 0 Å². The summed E-state index contributed by atoms with van der Waals surface area (Å²) >= 11 is 0. The maximum absolute atomic E-state index is 9.43. The summed E-state index contributed by atoms with van der Waals surface area (Å²) < 4.78 is 0. The number of hydrogen-bond acceptors (Lipinski definition) is 2. The van der Waals surface area contributed by atoms with Crippen LogP contribution in [0.3, 0.4) is 0 Å². The van der Waals surface area contributed by atoms with Gasteiger partial charge in [0, 0.05) is 13.1 Å². The molecule has 0 aliphatic rings. The maximum Gasteiger partial charge on any atom is 0.0718 e. The van der Waals surface area contributed by atoms with Crippen molar-refractivity contribution in [1.82, 2.24) is 4.90 Å². The summed E-state index contributed by atoms with van der Waals surface area (Å²) in [5, 5.41) is 9.43. The van der Waals surface area contributed by atoms with Crippen LogP contribution in [0.25, 0.3) is 0 Å². The first-order chi connectivity index (χ1) is 4.81. The van der Waals surface area contributed by atoms with E-state index in [-0.39, 0.29) is 0 Å². The van der Waals surface area contributed by atoms with E-state index in [2.05, 4.69) is 11.5 Å². The van der Waals surface area contributed by atoms with E-state index in [1.807, 2.05) is 27.8 Å². The average Bonchev–Trinajstić information content (AvgIpc) is 1.53. The van der Waals surface area contributed by atoms with Gasteiger partial charge in [-0.2, -0.15) is 0 Å². The van der Waals surface area contributed by atoms with Crippen LogP contribution in [-0.4, -0.2) is 35.7 Å². The van der Waals surface area contributed by atoms with E-state index in [1.54, 1.807) is 0 Å². The lowest BCUT2D eigenvalue weighted by molar-refractivity contribution is 0.0473. The molecule has 2 heteroatoms. The van der Waals surface area contributed by atoms with Crippen LogP contribution in [0.5, 0.6) is 0 Å². The minimum atomic E-state index is -0.607. The van der Waals surface area contributed by atoms with E-state index in [9.17, 15) is 5.11 Å². The van der Waals surface area contributed by atoms with Gasteiger partial charge in [-0.15, -0.1) is 0 Å². The average molecular weight is 157 g/mol. The minimum Gasteiger partial charge on any atom is -0.389 e. The summed E-state index contributed by atoms with van der Waals surface area (Å²) in [4.78, 5) is 2.06. The highest BCUT2D eigenvalue weighted by Gasteiger charge is 2.14. The molecular weight excluding hydrogens is 138 g/mol. The van der Waals surface area contributed by atoms with Crippen LogP contribution in [0.4, 0.5) is 0 Å². The van der Waals surface area contributed by atoms with Gasteiger partial charge in [0.25, 0.3) is 0 Å². The van der Waals surface area contributed by atoms with Crippen LogP contribution in [0.2, 0.25) is 0 Å². The van der Waals surface area contributed by atoms with Gasteiger partial charge in [0.15, 0.2) is 0 Å². The topological polar surface area (TPSA) is 23.5 Å². The second-order valence-electron chi connectivity index (χ2n) is 3.94. The molecule has 0 aliphatic carbocycles. The number of hydrogen-bond donors (Lipinski definition) is 1. The predicted octanol–water partition coefficient (Wildman–Crippen LogP) is 1.27. The van der Waals surface area contributed by atoms with E-state index in [0.717, 1.165) is 12.1 Å². The summed E-state index contributed by atoms with van der Waals surface area (Å²) in [7, 11) is 1.98. The molecular formula is C9H19NO. The van der Waals surface area contributed by atoms with E-state index >= 15 is 0 Å². The van der Waals surface area contributed by atoms with Crippen LogP contribution in [0.1, 0.15) is 20.8 Å². The van der Waals surface area contributed by atoms with Crippen molar-refractivity contribution in [2.24, 2.45) is 0 Å². The lowest BCUT2D eigenvalue weighted by Crippen LogP contribution is -2.36. The standard InChI is InChI=1S/C9H19NO/c1-8(2)6-10(5)7-9(3,4)11/h11H,1,6-7H2,2-5H3. The highest BCUT2D eigenvalue weighted by atomic mass is 16.3. The Hall–Kier alpha value is -0.340. The fourth-order valence-electron chi connectivity index (χ4n) is 1.18. The van der Waals surface area contributed by atoms with Gasteiger partial charge in [0.05, 0.1) is 5.60 Å². The Morgan fingerprint density at radius 3 is 2.27 bits per heavy atom. The normalized spacial score (nSPS) is 12.2. The Balaban J connectivity index is 3.69. The molecule has 11 heavy (non-hydrogen) atoms. The third kappa shape index (κ3) is 7.56. The molecule has 66 valence electrons. The Labute approximate surface area is 69.5 Å². The monoisotopic (exact) mass is 157 g/mol. The molecule has 0 aliphatic heterocycles. The van der Waals surface area contributed by atoms with Gasteiger partial charge in [-0.1, -0.05) is 12.2 Å². The first-order valence-electron chi connectivity index (χ1n) is 3.86. The number of nitrogens with zero attached hydrogens (tertiary/aromatic N) is 1. The first-order valence-corrected chi connectivity index (χ1v) is 3.86. The second kappa shape index (κ2) is 3.88. The molecule has 0 atom stereocenters. The summed E-state index contributed by atoms with van der Waals surface area (Å²) in [5.74, 6) is 0. The van der Waals surface area contributed by atoms with Gasteiger partial charge >= 0.3 is 0 Å². The van der Waals surface area contributed by atoms with Gasteiger partial charge in [0.1, 0.15) is 0 Å². The third-order valence-electron chi connectivity index (χ3n) is 1.20. The molecule has 0 amide bonds. The van der Waals surface area contributed by atoms with Crippen LogP contribution >= 0.6 is 0 Å². The number of aliphatic hydroxyl groups is 1. The van der Waals surface area contributed by atoms with Crippen LogP contribution in [0.15, 0.2) is 12.2 Å². The van der Waals surface area contributed by atoms with Crippen molar-refractivity contribution in [1.29, 1.82) is 0 Å². The molecule has 0 aromatic heterocycles. The molecule has 0 aromatic rings. The number of rotatable bonds is 4. The van der Waals surface area contributed by atoms with Crippen molar-refractivity contribution in [3.8, 4) is 0 Å². The molecule has 0 aromatic carbocycles. The summed E-state index contributed by atoms with van der Waals surface area (Å²) in [6.07, 6.45) is 0. The molecule has 0 unspecified atom stereocenters. The predicted molar refractivity (Wildman–Crippen MR) is 48.6 cm³/mol. The van der Waals surface area contributed by atoms with E-state index in [4.69, 9.17) is 0 Å². The van der Waals surface area contributed by atoms with Crippen molar-refractivity contribution in [2.75, 3.05) is 20.1 Å². The Kier molecular flexibility index (Phi) is 3.76. The molecule has 0 radical (unpaired) electrons. The molecule has 0 spiro atoms. The molecule has 0 saturated heterocycles. The Morgan fingerprint density at radius 2 is 2.00 bits per heavy atom. The van der Waals surface area contributed by atoms with Crippen LogP contribution in [-0.2, 0) is 0 Å². The maximum atomic E-state index is 9.43. The van der Waals surface area contributed by atoms with Crippen LogP contribution < -0.4 is 0 Å². The van der Waals surface area contributed by atoms with E-state index in [1.165, 1.54) is 0 Å². The van der Waals surface area contributed by atoms with Gasteiger partial charge in [-0.05, 0) is 27.8 Å². The molecule has 0 rings (SSSR count). The molecule has 2 nitrogen and oxygen atoms in total. The van der Waals surface area contributed by atoms with Crippen molar-refractivity contribution in [3.05, 3.63) is 12.2 Å². The van der Waals surface area contributed by atoms with Gasteiger partial charge < -0.3 is 5.11 Å². The molecule has 0 fully saturated rings. The molecule has 1 N–H and O–H groups in total. The SMILES string of the molecule is C=C(C)CN(C)CC(C)(C)O. The molecule has 0 saturated carbocycles. The van der Waals surface area contributed by atoms with E-state index < -0.39 is 5.60 Å². The summed E-state index contributed by atoms with van der Waals surface area (Å²) in [6.45, 7) is 10.9. The fourth-order valence-corrected chi connectivity index (χ4v) is 1.18. The lowest BCUT2D eigenvalue weighted by Gasteiger charge is -2.25. The Bertz CT molecular complexity index is 135. The zero-order valence-corrected chi connectivity index (χ0v) is 8.02. The summed E-state index contributed by atoms with van der Waals surface area (Å²) in [6, 6.07) is 0. The van der Waals surface area contributed by atoms with Crippen molar-refractivity contribution in [3.63, 3.8) is 0 Å². The fraction of sp³-hybridized carbons (Fsp3) is 0.778. The van der Waals surface area contributed by atoms with E-state index in [0.29, 0.717) is 6.54 Å². The Morgan fingerprint density at radius 1 is 1.55 bits per heavy atom. The van der Waals surface area contributed by atoms with Crippen molar-refractivity contribution >= 4 is 0 Å². The molecule has 0 bridgehead atoms. The highest BCUT2D eigenvalue weighted by Crippen LogP contribution is 2.03. The second-order valence-corrected chi connectivity index (χ2v) is 3.94. The molecule has 0 heterocycles.